The molecule has 4 rings (SSSR count). The second-order valence-corrected chi connectivity index (χ2v) is 9.55. The van der Waals surface area contributed by atoms with E-state index in [4.69, 9.17) is 40.2 Å². The number of thioether (sulfide) groups is 1. The molecule has 0 radical (unpaired) electrons. The Balaban J connectivity index is 1.41. The molecule has 3 aromatic rings. The quantitative estimate of drug-likeness (QED) is 0.288. The van der Waals surface area contributed by atoms with Gasteiger partial charge in [-0.25, -0.2) is 4.39 Å². The molecule has 0 saturated carbocycles. The minimum absolute atomic E-state index is 0.0899. The molecule has 1 heterocycles. The first-order valence-corrected chi connectivity index (χ1v) is 11.8. The lowest BCUT2D eigenvalue weighted by molar-refractivity contribution is -0.118. The van der Waals surface area contributed by atoms with Crippen LogP contribution in [0.4, 0.5) is 15.8 Å². The first-order chi connectivity index (χ1) is 16.3. The minimum Gasteiger partial charge on any atom is -0.484 e. The molecule has 2 amide bonds. The molecule has 10 heteroatoms. The molecule has 1 aliphatic rings. The SMILES string of the molecule is O=C(COc1cccc(/C=C2\SC(=S)N(c3ccc(Cl)cc3)C2=O)c1)Nc1ccc(F)c(Cl)c1. The summed E-state index contributed by atoms with van der Waals surface area (Å²) in [6.45, 7) is -0.267. The maximum Gasteiger partial charge on any atom is 0.270 e. The summed E-state index contributed by atoms with van der Waals surface area (Å²) in [6.07, 6.45) is 1.71. The molecule has 0 aliphatic carbocycles. The number of rotatable bonds is 6. The first kappa shape index (κ1) is 24.2. The number of carbonyl (C=O) groups is 2. The van der Waals surface area contributed by atoms with Crippen molar-refractivity contribution in [2.24, 2.45) is 0 Å². The Labute approximate surface area is 214 Å². The van der Waals surface area contributed by atoms with E-state index in [-0.39, 0.29) is 17.5 Å². The highest BCUT2D eigenvalue weighted by molar-refractivity contribution is 8.27. The first-order valence-electron chi connectivity index (χ1n) is 9.81. The van der Waals surface area contributed by atoms with Crippen LogP contribution in [0.15, 0.2) is 71.6 Å². The summed E-state index contributed by atoms with van der Waals surface area (Å²) >= 11 is 18.2. The van der Waals surface area contributed by atoms with Crippen LogP contribution in [-0.2, 0) is 9.59 Å². The van der Waals surface area contributed by atoms with Crippen molar-refractivity contribution in [2.45, 2.75) is 0 Å². The van der Waals surface area contributed by atoms with E-state index in [2.05, 4.69) is 5.32 Å². The van der Waals surface area contributed by atoms with E-state index in [1.54, 1.807) is 48.5 Å². The van der Waals surface area contributed by atoms with Crippen LogP contribution < -0.4 is 15.0 Å². The van der Waals surface area contributed by atoms with Gasteiger partial charge in [-0.3, -0.25) is 14.5 Å². The molecule has 1 aliphatic heterocycles. The molecule has 34 heavy (non-hydrogen) atoms. The third-order valence-corrected chi connectivity index (χ3v) is 6.45. The number of ether oxygens (including phenoxy) is 1. The molecular weight excluding hydrogens is 518 g/mol. The van der Waals surface area contributed by atoms with Gasteiger partial charge in [0.05, 0.1) is 15.6 Å². The van der Waals surface area contributed by atoms with Crippen LogP contribution in [0, 0.1) is 5.82 Å². The lowest BCUT2D eigenvalue weighted by Gasteiger charge is -2.14. The van der Waals surface area contributed by atoms with Crippen LogP contribution >= 0.6 is 47.2 Å². The summed E-state index contributed by atoms with van der Waals surface area (Å²) < 4.78 is 19.2. The second-order valence-electron chi connectivity index (χ2n) is 7.03. The second kappa shape index (κ2) is 10.6. The smallest absolute Gasteiger partial charge is 0.270 e. The number of thiocarbonyl (C=S) groups is 1. The Bertz CT molecular complexity index is 1320. The van der Waals surface area contributed by atoms with Crippen LogP contribution in [-0.4, -0.2) is 22.7 Å². The van der Waals surface area contributed by atoms with Gasteiger partial charge < -0.3 is 10.1 Å². The van der Waals surface area contributed by atoms with Gasteiger partial charge in [0.15, 0.2) is 10.9 Å². The Morgan fingerprint density at radius 1 is 1.12 bits per heavy atom. The Morgan fingerprint density at radius 3 is 2.62 bits per heavy atom. The van der Waals surface area contributed by atoms with Crippen LogP contribution in [0.5, 0.6) is 5.75 Å². The van der Waals surface area contributed by atoms with Gasteiger partial charge in [0.1, 0.15) is 11.6 Å². The molecule has 0 unspecified atom stereocenters. The summed E-state index contributed by atoms with van der Waals surface area (Å²) in [5, 5.41) is 3.06. The molecule has 3 aromatic carbocycles. The van der Waals surface area contributed by atoms with Crippen molar-refractivity contribution in [3.8, 4) is 5.75 Å². The van der Waals surface area contributed by atoms with Gasteiger partial charge in [-0.15, -0.1) is 0 Å². The molecule has 1 fully saturated rings. The zero-order valence-electron chi connectivity index (χ0n) is 17.3. The molecule has 0 bridgehead atoms. The highest BCUT2D eigenvalue weighted by atomic mass is 35.5. The van der Waals surface area contributed by atoms with Crippen LogP contribution in [0.3, 0.4) is 0 Å². The zero-order chi connectivity index (χ0) is 24.2. The topological polar surface area (TPSA) is 58.6 Å². The average molecular weight is 533 g/mol. The highest BCUT2D eigenvalue weighted by Gasteiger charge is 2.33. The van der Waals surface area contributed by atoms with Gasteiger partial charge in [0.25, 0.3) is 11.8 Å². The van der Waals surface area contributed by atoms with Gasteiger partial charge in [0.2, 0.25) is 0 Å². The molecule has 1 N–H and O–H groups in total. The van der Waals surface area contributed by atoms with E-state index >= 15 is 0 Å². The third kappa shape index (κ3) is 5.77. The lowest BCUT2D eigenvalue weighted by Crippen LogP contribution is -2.27. The maximum atomic E-state index is 13.2. The zero-order valence-corrected chi connectivity index (χ0v) is 20.4. The number of nitrogens with zero attached hydrogens (tertiary/aromatic N) is 1. The number of carbonyl (C=O) groups excluding carboxylic acids is 2. The van der Waals surface area contributed by atoms with Gasteiger partial charge >= 0.3 is 0 Å². The van der Waals surface area contributed by atoms with Crippen molar-refractivity contribution in [1.82, 2.24) is 0 Å². The van der Waals surface area contributed by atoms with Gasteiger partial charge in [-0.05, 0) is 66.2 Å². The van der Waals surface area contributed by atoms with E-state index in [0.717, 1.165) is 6.07 Å². The predicted molar refractivity (Wildman–Crippen MR) is 139 cm³/mol. The summed E-state index contributed by atoms with van der Waals surface area (Å²) in [7, 11) is 0. The van der Waals surface area contributed by atoms with Gasteiger partial charge in [-0.2, -0.15) is 0 Å². The van der Waals surface area contributed by atoms with Crippen molar-refractivity contribution in [1.29, 1.82) is 0 Å². The lowest BCUT2D eigenvalue weighted by atomic mass is 10.2. The maximum absolute atomic E-state index is 13.2. The summed E-state index contributed by atoms with van der Waals surface area (Å²) in [5.41, 5.74) is 1.71. The summed E-state index contributed by atoms with van der Waals surface area (Å²) in [4.78, 5) is 27.0. The van der Waals surface area contributed by atoms with Crippen molar-refractivity contribution in [3.05, 3.63) is 93.1 Å². The average Bonchev–Trinajstić information content (AvgIpc) is 3.08. The minimum atomic E-state index is -0.571. The molecule has 0 spiro atoms. The van der Waals surface area contributed by atoms with Crippen LogP contribution in [0.25, 0.3) is 6.08 Å². The Hall–Kier alpha value is -2.91. The number of hydrogen-bond acceptors (Lipinski definition) is 5. The van der Waals surface area contributed by atoms with E-state index < -0.39 is 11.7 Å². The molecule has 172 valence electrons. The van der Waals surface area contributed by atoms with E-state index in [9.17, 15) is 14.0 Å². The van der Waals surface area contributed by atoms with Crippen molar-refractivity contribution in [2.75, 3.05) is 16.8 Å². The number of halogens is 3. The number of hydrogen-bond donors (Lipinski definition) is 1. The van der Waals surface area contributed by atoms with Crippen molar-refractivity contribution < 1.29 is 18.7 Å². The Morgan fingerprint density at radius 2 is 1.88 bits per heavy atom. The molecular formula is C24H15Cl2FN2O3S2. The number of amides is 2. The standard InChI is InChI=1S/C24H15Cl2FN2O3S2/c25-15-4-7-17(8-5-15)29-23(31)21(34-24(29)33)11-14-2-1-3-18(10-14)32-13-22(30)28-16-6-9-20(27)19(26)12-16/h1-12H,13H2,(H,28,30)/b21-11-. The van der Waals surface area contributed by atoms with Crippen LogP contribution in [0.1, 0.15) is 5.56 Å². The summed E-state index contributed by atoms with van der Waals surface area (Å²) in [5.74, 6) is -0.801. The van der Waals surface area contributed by atoms with E-state index in [0.29, 0.717) is 36.9 Å². The third-order valence-electron chi connectivity index (χ3n) is 4.61. The fourth-order valence-corrected chi connectivity index (χ4v) is 4.65. The predicted octanol–water partition coefficient (Wildman–Crippen LogP) is 6.56. The molecule has 0 aromatic heterocycles. The van der Waals surface area contributed by atoms with Crippen molar-refractivity contribution >= 4 is 80.8 Å². The van der Waals surface area contributed by atoms with Crippen molar-refractivity contribution in [3.63, 3.8) is 0 Å². The number of benzene rings is 3. The highest BCUT2D eigenvalue weighted by Crippen LogP contribution is 2.36. The monoisotopic (exact) mass is 532 g/mol. The number of anilines is 2. The molecule has 1 saturated heterocycles. The van der Waals surface area contributed by atoms with E-state index in [1.165, 1.54) is 28.8 Å². The van der Waals surface area contributed by atoms with E-state index in [1.807, 2.05) is 6.07 Å². The van der Waals surface area contributed by atoms with Crippen LogP contribution in [0.2, 0.25) is 10.0 Å². The fraction of sp³-hybridized carbons (Fsp3) is 0.0417. The van der Waals surface area contributed by atoms with Gasteiger partial charge in [0, 0.05) is 10.7 Å². The molecule has 0 atom stereocenters. The molecule has 5 nitrogen and oxygen atoms in total. The fourth-order valence-electron chi connectivity index (χ4n) is 3.05. The summed E-state index contributed by atoms with van der Waals surface area (Å²) in [6, 6.07) is 17.7. The Kier molecular flexibility index (Phi) is 7.53. The number of nitrogens with one attached hydrogen (secondary N) is 1. The largest absolute Gasteiger partial charge is 0.484 e. The van der Waals surface area contributed by atoms with Gasteiger partial charge in [-0.1, -0.05) is 59.3 Å². The normalized spacial score (nSPS) is 14.6.